The summed E-state index contributed by atoms with van der Waals surface area (Å²) in [7, 11) is 1.54. The van der Waals surface area contributed by atoms with Crippen molar-refractivity contribution in [3.8, 4) is 5.75 Å². The second-order valence-corrected chi connectivity index (χ2v) is 15.9. The van der Waals surface area contributed by atoms with Crippen LogP contribution in [0.2, 0.25) is 5.02 Å². The molecule has 0 radical (unpaired) electrons. The van der Waals surface area contributed by atoms with Crippen molar-refractivity contribution in [1.82, 2.24) is 39.8 Å². The number of aliphatic carboxylic acids is 2. The maximum absolute atomic E-state index is 13.8. The van der Waals surface area contributed by atoms with Crippen molar-refractivity contribution < 1.29 is 43.3 Å². The van der Waals surface area contributed by atoms with Crippen LogP contribution in [-0.2, 0) is 32.1 Å². The summed E-state index contributed by atoms with van der Waals surface area (Å²) in [5.74, 6) is -2.63. The second-order valence-electron chi connectivity index (χ2n) is 15.5. The Bertz CT molecular complexity index is 2420. The molecule has 5 aromatic rings. The van der Waals surface area contributed by atoms with Crippen LogP contribution in [-0.4, -0.2) is 161 Å². The number of fused-ring (bicyclic) bond motifs is 2. The van der Waals surface area contributed by atoms with Crippen molar-refractivity contribution in [1.29, 1.82) is 0 Å². The van der Waals surface area contributed by atoms with Gasteiger partial charge in [-0.3, -0.25) is 53.1 Å². The Morgan fingerprint density at radius 2 is 1.32 bits per heavy atom. The lowest BCUT2D eigenvalue weighted by molar-refractivity contribution is -0.139. The van der Waals surface area contributed by atoms with E-state index in [1.165, 1.54) is 12.1 Å². The van der Waals surface area contributed by atoms with Crippen LogP contribution in [0.15, 0.2) is 72.8 Å². The van der Waals surface area contributed by atoms with Gasteiger partial charge in [-0.2, -0.15) is 0 Å². The zero-order valence-corrected chi connectivity index (χ0v) is 36.1. The van der Waals surface area contributed by atoms with E-state index in [1.807, 2.05) is 26.8 Å². The lowest BCUT2D eigenvalue weighted by atomic mass is 10.1. The molecule has 1 aliphatic rings. The highest BCUT2D eigenvalue weighted by Crippen LogP contribution is 2.31. The number of hydrogen-bond acceptors (Lipinski definition) is 11. The zero-order chi connectivity index (χ0) is 45.0. The number of amides is 2. The number of benzene rings is 3. The summed E-state index contributed by atoms with van der Waals surface area (Å²) >= 11 is 6.05. The SMILES string of the molecule is COc1ccc2c(c1)c(CC(=O)NCCNC(=O)CN1CCN(CC(=O)O)CCN(Cc3ccc4cc(F)ccc4n3)CCN(CC(=O)O)CC1)c(C)n2C(=O)c1ccc(Cl)cc1. The lowest BCUT2D eigenvalue weighted by Crippen LogP contribution is -2.49. The molecule has 0 atom stereocenters. The van der Waals surface area contributed by atoms with Crippen molar-refractivity contribution in [3.63, 3.8) is 0 Å². The Morgan fingerprint density at radius 1 is 0.730 bits per heavy atom. The van der Waals surface area contributed by atoms with Gasteiger partial charge < -0.3 is 25.6 Å². The normalized spacial score (nSPS) is 15.1. The molecule has 0 unspecified atom stereocenters. The van der Waals surface area contributed by atoms with Gasteiger partial charge in [0.25, 0.3) is 5.91 Å². The monoisotopic (exact) mass is 886 g/mol. The number of carboxylic acid groups (broad SMARTS) is 2. The molecule has 2 aromatic heterocycles. The molecule has 0 spiro atoms. The van der Waals surface area contributed by atoms with Crippen LogP contribution < -0.4 is 15.4 Å². The van der Waals surface area contributed by atoms with Gasteiger partial charge in [0.2, 0.25) is 11.8 Å². The van der Waals surface area contributed by atoms with Crippen molar-refractivity contribution in [3.05, 3.63) is 106 Å². The van der Waals surface area contributed by atoms with E-state index in [0.29, 0.717) is 108 Å². The standard InChI is InChI=1S/C45H52ClFN8O8/c1-30-37(38-24-36(63-2)10-12-40(38)55(30)45(62)31-3-6-33(46)7-4-31)25-41(56)48-13-14-49-42(57)27-52-17-21-53(28-43(58)59)19-15-51(16-20-54(22-18-52)29-44(60)61)26-35-9-5-32-23-34(47)8-11-39(32)50-35/h3-12,23-24H,13-22,25-29H2,1-2H3,(H,48,56)(H,49,57)(H,58,59)(H,60,61). The number of carbonyl (C=O) groups is 5. The van der Waals surface area contributed by atoms with Crippen LogP contribution in [0.5, 0.6) is 5.75 Å². The number of ether oxygens (including phenoxy) is 1. The molecule has 2 amide bonds. The number of pyridine rings is 1. The predicted molar refractivity (Wildman–Crippen MR) is 236 cm³/mol. The third kappa shape index (κ3) is 13.0. The van der Waals surface area contributed by atoms with E-state index < -0.39 is 11.9 Å². The molecular weight excluding hydrogens is 835 g/mol. The predicted octanol–water partition coefficient (Wildman–Crippen LogP) is 3.35. The molecule has 3 aromatic carbocycles. The molecule has 6 rings (SSSR count). The number of methoxy groups -OCH3 is 1. The molecule has 0 bridgehead atoms. The van der Waals surface area contributed by atoms with E-state index in [9.17, 15) is 38.6 Å². The van der Waals surface area contributed by atoms with E-state index in [2.05, 4.69) is 15.5 Å². The van der Waals surface area contributed by atoms with E-state index in [0.717, 1.165) is 5.69 Å². The Balaban J connectivity index is 1.05. The third-order valence-corrected chi connectivity index (χ3v) is 11.3. The highest BCUT2D eigenvalue weighted by Gasteiger charge is 2.24. The Labute approximate surface area is 369 Å². The van der Waals surface area contributed by atoms with Gasteiger partial charge in [0, 0.05) is 99.0 Å². The minimum Gasteiger partial charge on any atom is -0.497 e. The van der Waals surface area contributed by atoms with Crippen molar-refractivity contribution >= 4 is 63.1 Å². The van der Waals surface area contributed by atoms with E-state index >= 15 is 0 Å². The number of carboxylic acids is 2. The van der Waals surface area contributed by atoms with Gasteiger partial charge in [-0.05, 0) is 79.2 Å². The van der Waals surface area contributed by atoms with Gasteiger partial charge in [-0.25, -0.2) is 4.39 Å². The van der Waals surface area contributed by atoms with Crippen molar-refractivity contribution in [2.75, 3.05) is 92.2 Å². The van der Waals surface area contributed by atoms with Crippen LogP contribution in [0, 0.1) is 12.7 Å². The molecule has 3 heterocycles. The molecule has 0 saturated carbocycles. The van der Waals surface area contributed by atoms with Crippen LogP contribution in [0.25, 0.3) is 21.8 Å². The van der Waals surface area contributed by atoms with Crippen LogP contribution >= 0.6 is 11.6 Å². The fraction of sp³-hybridized carbons (Fsp3) is 0.378. The summed E-state index contributed by atoms with van der Waals surface area (Å²) in [4.78, 5) is 76.2. The van der Waals surface area contributed by atoms with Crippen molar-refractivity contribution in [2.45, 2.75) is 19.9 Å². The smallest absolute Gasteiger partial charge is 0.317 e. The first kappa shape index (κ1) is 46.5. The van der Waals surface area contributed by atoms with E-state index in [4.69, 9.17) is 21.3 Å². The molecule has 4 N–H and O–H groups in total. The van der Waals surface area contributed by atoms with Crippen LogP contribution in [0.1, 0.15) is 27.3 Å². The molecule has 1 fully saturated rings. The Kier molecular flexibility index (Phi) is 16.2. The second kappa shape index (κ2) is 21.9. The lowest BCUT2D eigenvalue weighted by Gasteiger charge is -2.33. The number of halogens is 2. The summed E-state index contributed by atoms with van der Waals surface area (Å²) in [5, 5.41) is 27.0. The number of aromatic nitrogens is 2. The van der Waals surface area contributed by atoms with Crippen LogP contribution in [0.4, 0.5) is 4.39 Å². The summed E-state index contributed by atoms with van der Waals surface area (Å²) < 4.78 is 20.8. The maximum Gasteiger partial charge on any atom is 0.317 e. The molecular formula is C45H52ClFN8O8. The molecule has 16 nitrogen and oxygen atoms in total. The summed E-state index contributed by atoms with van der Waals surface area (Å²) in [5.41, 5.74) is 3.72. The number of nitrogens with one attached hydrogen (secondary N) is 2. The van der Waals surface area contributed by atoms with Gasteiger partial charge in [0.1, 0.15) is 11.6 Å². The minimum absolute atomic E-state index is 0.0262. The highest BCUT2D eigenvalue weighted by molar-refractivity contribution is 6.30. The molecule has 1 saturated heterocycles. The summed E-state index contributed by atoms with van der Waals surface area (Å²) in [6.07, 6.45) is -0.0296. The molecule has 1 aliphatic heterocycles. The maximum atomic E-state index is 13.8. The van der Waals surface area contributed by atoms with Gasteiger partial charge >= 0.3 is 11.9 Å². The van der Waals surface area contributed by atoms with E-state index in [-0.39, 0.29) is 62.7 Å². The van der Waals surface area contributed by atoms with E-state index in [1.54, 1.807) is 67.1 Å². The Morgan fingerprint density at radius 3 is 1.92 bits per heavy atom. The fourth-order valence-electron chi connectivity index (χ4n) is 7.73. The summed E-state index contributed by atoms with van der Waals surface area (Å²) in [6, 6.07) is 19.9. The minimum atomic E-state index is -0.983. The van der Waals surface area contributed by atoms with Gasteiger partial charge in [0.05, 0.1) is 49.9 Å². The highest BCUT2D eigenvalue weighted by atomic mass is 35.5. The first-order chi connectivity index (χ1) is 30.3. The van der Waals surface area contributed by atoms with Gasteiger partial charge in [0.15, 0.2) is 0 Å². The van der Waals surface area contributed by atoms with Crippen molar-refractivity contribution in [2.24, 2.45) is 0 Å². The largest absolute Gasteiger partial charge is 0.497 e. The third-order valence-electron chi connectivity index (χ3n) is 11.1. The zero-order valence-electron chi connectivity index (χ0n) is 35.3. The number of rotatable bonds is 15. The molecule has 18 heteroatoms. The number of carbonyl (C=O) groups excluding carboxylic acids is 3. The Hall–Kier alpha value is -5.98. The van der Waals surface area contributed by atoms with Crippen LogP contribution in [0.3, 0.4) is 0 Å². The summed E-state index contributed by atoms with van der Waals surface area (Å²) in [6.45, 7) is 5.17. The first-order valence-corrected chi connectivity index (χ1v) is 21.0. The van der Waals surface area contributed by atoms with Gasteiger partial charge in [-0.1, -0.05) is 17.7 Å². The topological polar surface area (TPSA) is 190 Å². The number of nitrogens with zero attached hydrogens (tertiary/aromatic N) is 6. The average molecular weight is 887 g/mol. The fourth-order valence-corrected chi connectivity index (χ4v) is 7.86. The van der Waals surface area contributed by atoms with Gasteiger partial charge in [-0.15, -0.1) is 0 Å². The molecule has 63 heavy (non-hydrogen) atoms. The average Bonchev–Trinajstić information content (AvgIpc) is 3.52. The molecule has 0 aliphatic carbocycles. The number of hydrogen-bond donors (Lipinski definition) is 4. The first-order valence-electron chi connectivity index (χ1n) is 20.7. The quantitative estimate of drug-likeness (QED) is 0.112. The molecule has 334 valence electrons.